The van der Waals surface area contributed by atoms with Gasteiger partial charge in [0.15, 0.2) is 0 Å². The molecule has 1 atom stereocenters. The molecular weight excluding hydrogens is 190 g/mol. The number of hydrogen-bond acceptors (Lipinski definition) is 4. The number of aliphatic imine (C=N–C) groups is 1. The third-order valence-corrected chi connectivity index (χ3v) is 2.46. The number of aryl methyl sites for hydroxylation is 2. The Morgan fingerprint density at radius 2 is 2.47 bits per heavy atom. The summed E-state index contributed by atoms with van der Waals surface area (Å²) in [7, 11) is 0. The molecule has 2 rings (SSSR count). The average molecular weight is 205 g/mol. The lowest BCUT2D eigenvalue weighted by molar-refractivity contribution is 0.308. The number of rotatable bonds is 3. The molecule has 0 radical (unpaired) electrons. The number of nitrogens with zero attached hydrogens (tertiary/aromatic N) is 2. The summed E-state index contributed by atoms with van der Waals surface area (Å²) in [5.41, 5.74) is 7.78. The maximum absolute atomic E-state index is 5.44. The van der Waals surface area contributed by atoms with Gasteiger partial charge in [0.1, 0.15) is 6.61 Å². The molecule has 0 fully saturated rings. The zero-order valence-electron chi connectivity index (χ0n) is 8.81. The van der Waals surface area contributed by atoms with Gasteiger partial charge in [-0.25, -0.2) is 4.99 Å². The van der Waals surface area contributed by atoms with Crippen molar-refractivity contribution in [1.82, 2.24) is 4.98 Å². The van der Waals surface area contributed by atoms with Gasteiger partial charge in [0, 0.05) is 11.9 Å². The Morgan fingerprint density at radius 3 is 3.13 bits per heavy atom. The van der Waals surface area contributed by atoms with Crippen LogP contribution in [-0.4, -0.2) is 23.7 Å². The van der Waals surface area contributed by atoms with Crippen molar-refractivity contribution in [3.8, 4) is 0 Å². The highest BCUT2D eigenvalue weighted by Gasteiger charge is 2.15. The molecule has 2 heterocycles. The summed E-state index contributed by atoms with van der Waals surface area (Å²) < 4.78 is 5.09. The van der Waals surface area contributed by atoms with E-state index in [4.69, 9.17) is 10.5 Å². The standard InChI is InChI=1S/C11H15N3O/c1-8-6-9(4-5-13-8)2-3-10-7-15-11(12)14-10/h4-6,10H,2-3,7H2,1H3,(H2,12,14)/t10-/m0/s1. The number of amidine groups is 1. The van der Waals surface area contributed by atoms with Crippen molar-refractivity contribution in [3.05, 3.63) is 29.6 Å². The Hall–Kier alpha value is -1.58. The van der Waals surface area contributed by atoms with Gasteiger partial charge in [-0.05, 0) is 37.5 Å². The van der Waals surface area contributed by atoms with Crippen molar-refractivity contribution >= 4 is 6.02 Å². The highest BCUT2D eigenvalue weighted by Crippen LogP contribution is 2.11. The van der Waals surface area contributed by atoms with Crippen LogP contribution in [-0.2, 0) is 11.2 Å². The molecule has 1 aromatic rings. The number of hydrogen-bond donors (Lipinski definition) is 1. The second-order valence-electron chi connectivity index (χ2n) is 3.78. The maximum atomic E-state index is 5.44. The zero-order valence-corrected chi connectivity index (χ0v) is 8.81. The molecule has 0 aromatic carbocycles. The van der Waals surface area contributed by atoms with E-state index in [1.165, 1.54) is 5.56 Å². The van der Waals surface area contributed by atoms with Crippen LogP contribution in [0.15, 0.2) is 23.3 Å². The van der Waals surface area contributed by atoms with Crippen molar-refractivity contribution in [2.24, 2.45) is 10.7 Å². The van der Waals surface area contributed by atoms with Crippen LogP contribution in [0.1, 0.15) is 17.7 Å². The van der Waals surface area contributed by atoms with Gasteiger partial charge in [-0.1, -0.05) is 0 Å². The van der Waals surface area contributed by atoms with E-state index in [-0.39, 0.29) is 6.04 Å². The Morgan fingerprint density at radius 1 is 1.60 bits per heavy atom. The second kappa shape index (κ2) is 4.29. The van der Waals surface area contributed by atoms with Crippen LogP contribution in [0.5, 0.6) is 0 Å². The van der Waals surface area contributed by atoms with E-state index >= 15 is 0 Å². The minimum Gasteiger partial charge on any atom is -0.463 e. The van der Waals surface area contributed by atoms with Crippen molar-refractivity contribution < 1.29 is 4.74 Å². The molecule has 80 valence electrons. The fourth-order valence-corrected chi connectivity index (χ4v) is 1.68. The van der Waals surface area contributed by atoms with Gasteiger partial charge in [0.2, 0.25) is 0 Å². The Labute approximate surface area is 89.2 Å². The molecule has 1 aromatic heterocycles. The van der Waals surface area contributed by atoms with Gasteiger partial charge in [0.25, 0.3) is 6.02 Å². The third kappa shape index (κ3) is 2.68. The monoisotopic (exact) mass is 205 g/mol. The Balaban J connectivity index is 1.88. The van der Waals surface area contributed by atoms with Crippen molar-refractivity contribution in [3.63, 3.8) is 0 Å². The van der Waals surface area contributed by atoms with Gasteiger partial charge in [-0.15, -0.1) is 0 Å². The predicted molar refractivity (Wildman–Crippen MR) is 58.7 cm³/mol. The molecule has 0 saturated carbocycles. The van der Waals surface area contributed by atoms with Crippen molar-refractivity contribution in [2.45, 2.75) is 25.8 Å². The van der Waals surface area contributed by atoms with Crippen LogP contribution < -0.4 is 5.73 Å². The third-order valence-electron chi connectivity index (χ3n) is 2.46. The highest BCUT2D eigenvalue weighted by atomic mass is 16.5. The Bertz CT molecular complexity index is 376. The predicted octanol–water partition coefficient (Wildman–Crippen LogP) is 1.04. The molecule has 15 heavy (non-hydrogen) atoms. The number of ether oxygens (including phenoxy) is 1. The van der Waals surface area contributed by atoms with E-state index in [2.05, 4.69) is 16.0 Å². The lowest BCUT2D eigenvalue weighted by Crippen LogP contribution is -2.10. The molecule has 4 nitrogen and oxygen atoms in total. The van der Waals surface area contributed by atoms with Crippen LogP contribution >= 0.6 is 0 Å². The first kappa shape index (κ1) is 9.96. The number of pyridine rings is 1. The maximum Gasteiger partial charge on any atom is 0.282 e. The Kier molecular flexibility index (Phi) is 2.85. The summed E-state index contributed by atoms with van der Waals surface area (Å²) in [6.07, 6.45) is 3.81. The minimum atomic E-state index is 0.221. The van der Waals surface area contributed by atoms with Crippen LogP contribution in [0, 0.1) is 6.92 Å². The lowest BCUT2D eigenvalue weighted by atomic mass is 10.1. The highest BCUT2D eigenvalue weighted by molar-refractivity contribution is 5.72. The molecule has 0 aliphatic carbocycles. The smallest absolute Gasteiger partial charge is 0.282 e. The van der Waals surface area contributed by atoms with E-state index in [0.717, 1.165) is 18.5 Å². The molecule has 0 saturated heterocycles. The SMILES string of the molecule is Cc1cc(CC[C@H]2COC(N)=N2)ccn1. The summed E-state index contributed by atoms with van der Waals surface area (Å²) in [6, 6.07) is 4.68. The summed E-state index contributed by atoms with van der Waals surface area (Å²) in [5.74, 6) is 0. The quantitative estimate of drug-likeness (QED) is 0.802. The van der Waals surface area contributed by atoms with Crippen LogP contribution in [0.25, 0.3) is 0 Å². The fraction of sp³-hybridized carbons (Fsp3) is 0.455. The largest absolute Gasteiger partial charge is 0.463 e. The van der Waals surface area contributed by atoms with Crippen molar-refractivity contribution in [1.29, 1.82) is 0 Å². The first-order chi connectivity index (χ1) is 7.24. The first-order valence-electron chi connectivity index (χ1n) is 5.11. The normalized spacial score (nSPS) is 19.8. The summed E-state index contributed by atoms with van der Waals surface area (Å²) in [5, 5.41) is 0. The van der Waals surface area contributed by atoms with E-state index in [1.54, 1.807) is 0 Å². The molecule has 2 N–H and O–H groups in total. The van der Waals surface area contributed by atoms with E-state index in [0.29, 0.717) is 12.6 Å². The van der Waals surface area contributed by atoms with E-state index in [9.17, 15) is 0 Å². The summed E-state index contributed by atoms with van der Waals surface area (Å²) in [4.78, 5) is 8.34. The van der Waals surface area contributed by atoms with Crippen molar-refractivity contribution in [2.75, 3.05) is 6.61 Å². The molecular formula is C11H15N3O. The van der Waals surface area contributed by atoms with Crippen LogP contribution in [0.4, 0.5) is 0 Å². The van der Waals surface area contributed by atoms with E-state index < -0.39 is 0 Å². The number of aromatic nitrogens is 1. The number of nitrogens with two attached hydrogens (primary N) is 1. The first-order valence-corrected chi connectivity index (χ1v) is 5.11. The average Bonchev–Trinajstić information content (AvgIpc) is 2.62. The molecule has 0 unspecified atom stereocenters. The summed E-state index contributed by atoms with van der Waals surface area (Å²) >= 11 is 0. The van der Waals surface area contributed by atoms with Gasteiger partial charge in [0.05, 0.1) is 6.04 Å². The van der Waals surface area contributed by atoms with Gasteiger partial charge in [-0.2, -0.15) is 0 Å². The molecule has 0 bridgehead atoms. The second-order valence-corrected chi connectivity index (χ2v) is 3.78. The minimum absolute atomic E-state index is 0.221. The van der Waals surface area contributed by atoms with Gasteiger partial charge >= 0.3 is 0 Å². The lowest BCUT2D eigenvalue weighted by Gasteiger charge is -2.05. The van der Waals surface area contributed by atoms with Crippen LogP contribution in [0.3, 0.4) is 0 Å². The fourth-order valence-electron chi connectivity index (χ4n) is 1.68. The molecule has 0 amide bonds. The topological polar surface area (TPSA) is 60.5 Å². The molecule has 1 aliphatic rings. The zero-order chi connectivity index (χ0) is 10.7. The molecule has 0 spiro atoms. The molecule has 1 aliphatic heterocycles. The summed E-state index contributed by atoms with van der Waals surface area (Å²) in [6.45, 7) is 2.62. The van der Waals surface area contributed by atoms with Gasteiger partial charge < -0.3 is 10.5 Å². The van der Waals surface area contributed by atoms with E-state index in [1.807, 2.05) is 19.2 Å². The molecule has 4 heteroatoms. The van der Waals surface area contributed by atoms with Crippen LogP contribution in [0.2, 0.25) is 0 Å². The van der Waals surface area contributed by atoms with Gasteiger partial charge in [-0.3, -0.25) is 4.98 Å².